The summed E-state index contributed by atoms with van der Waals surface area (Å²) in [6.45, 7) is 0.333. The molecule has 0 aromatic carbocycles. The zero-order chi connectivity index (χ0) is 13.2. The van der Waals surface area contributed by atoms with E-state index >= 15 is 0 Å². The number of rotatable bonds is 5. The first-order valence-electron chi connectivity index (χ1n) is 5.88. The maximum Gasteiger partial charge on any atom is 0.254 e. The molecule has 110 valence electrons. The minimum absolute atomic E-state index is 0. The van der Waals surface area contributed by atoms with Gasteiger partial charge in [0.2, 0.25) is 0 Å². The molecule has 1 fully saturated rings. The molecule has 0 saturated heterocycles. The lowest BCUT2D eigenvalue weighted by molar-refractivity contribution is 0.392. The van der Waals surface area contributed by atoms with Gasteiger partial charge in [-0.3, -0.25) is 0 Å². The van der Waals surface area contributed by atoms with E-state index in [1.807, 2.05) is 0 Å². The van der Waals surface area contributed by atoms with Crippen LogP contribution in [0.25, 0.3) is 0 Å². The number of ether oxygens (including phenoxy) is 1. The van der Waals surface area contributed by atoms with Crippen LogP contribution in [0.4, 0.5) is 0 Å². The van der Waals surface area contributed by atoms with Gasteiger partial charge in [-0.25, -0.2) is 13.1 Å². The summed E-state index contributed by atoms with van der Waals surface area (Å²) in [6.07, 6.45) is 3.63. The molecule has 1 aromatic rings. The molecule has 1 aliphatic carbocycles. The molecule has 0 bridgehead atoms. The average Bonchev–Trinajstić information content (AvgIpc) is 2.97. The Labute approximate surface area is 124 Å². The second kappa shape index (κ2) is 6.41. The summed E-state index contributed by atoms with van der Waals surface area (Å²) in [4.78, 5) is 0. The number of hydrogen-bond donors (Lipinski definition) is 2. The van der Waals surface area contributed by atoms with Crippen LogP contribution in [0.5, 0.6) is 5.75 Å². The van der Waals surface area contributed by atoms with Crippen LogP contribution in [-0.2, 0) is 10.0 Å². The number of hydrogen-bond acceptors (Lipinski definition) is 5. The normalized spacial score (nSPS) is 18.0. The summed E-state index contributed by atoms with van der Waals surface area (Å²) in [6, 6.07) is 1.66. The Kier molecular flexibility index (Phi) is 5.64. The monoisotopic (exact) mass is 326 g/mol. The van der Waals surface area contributed by atoms with Gasteiger partial charge in [0.05, 0.1) is 7.11 Å². The maximum atomic E-state index is 12.4. The number of thiophene rings is 1. The van der Waals surface area contributed by atoms with Crippen molar-refractivity contribution in [1.29, 1.82) is 0 Å². The molecule has 0 spiro atoms. The quantitative estimate of drug-likeness (QED) is 0.863. The first kappa shape index (κ1) is 16.7. The van der Waals surface area contributed by atoms with Crippen LogP contribution in [0.15, 0.2) is 15.7 Å². The van der Waals surface area contributed by atoms with E-state index < -0.39 is 15.6 Å². The number of nitrogens with two attached hydrogens (primary N) is 1. The third-order valence-electron chi connectivity index (χ3n) is 3.36. The number of halogens is 1. The number of sulfonamides is 1. The van der Waals surface area contributed by atoms with Crippen molar-refractivity contribution in [3.8, 4) is 5.75 Å². The highest BCUT2D eigenvalue weighted by atomic mass is 35.5. The molecule has 3 N–H and O–H groups in total. The van der Waals surface area contributed by atoms with Crippen LogP contribution in [-0.4, -0.2) is 27.6 Å². The van der Waals surface area contributed by atoms with Crippen LogP contribution in [0, 0.1) is 0 Å². The van der Waals surface area contributed by atoms with E-state index in [9.17, 15) is 8.42 Å². The smallest absolute Gasteiger partial charge is 0.254 e. The molecule has 1 saturated carbocycles. The zero-order valence-electron chi connectivity index (χ0n) is 10.7. The Balaban J connectivity index is 0.00000180. The van der Waals surface area contributed by atoms with E-state index in [0.29, 0.717) is 12.3 Å². The third-order valence-corrected chi connectivity index (χ3v) is 6.39. The fourth-order valence-corrected chi connectivity index (χ4v) is 5.11. The van der Waals surface area contributed by atoms with Gasteiger partial charge in [-0.1, -0.05) is 12.8 Å². The lowest BCUT2D eigenvalue weighted by Gasteiger charge is -2.28. The summed E-state index contributed by atoms with van der Waals surface area (Å²) in [5.41, 5.74) is 5.27. The first-order chi connectivity index (χ1) is 8.53. The van der Waals surface area contributed by atoms with Crippen LogP contribution in [0.3, 0.4) is 0 Å². The van der Waals surface area contributed by atoms with Crippen LogP contribution in [0.2, 0.25) is 0 Å². The summed E-state index contributed by atoms with van der Waals surface area (Å²) in [5, 5.41) is 1.71. The highest BCUT2D eigenvalue weighted by Crippen LogP contribution is 2.34. The summed E-state index contributed by atoms with van der Waals surface area (Å²) >= 11 is 1.16. The van der Waals surface area contributed by atoms with Gasteiger partial charge < -0.3 is 10.5 Å². The highest BCUT2D eigenvalue weighted by Gasteiger charge is 2.38. The minimum Gasteiger partial charge on any atom is -0.494 e. The van der Waals surface area contributed by atoms with E-state index in [1.54, 1.807) is 11.4 Å². The number of methoxy groups -OCH3 is 1. The molecule has 1 aliphatic rings. The van der Waals surface area contributed by atoms with Crippen LogP contribution < -0.4 is 15.2 Å². The summed E-state index contributed by atoms with van der Waals surface area (Å²) in [7, 11) is -2.08. The lowest BCUT2D eigenvalue weighted by Crippen LogP contribution is -2.51. The predicted octanol–water partition coefficient (Wildman–Crippen LogP) is 1.73. The van der Waals surface area contributed by atoms with Gasteiger partial charge >= 0.3 is 0 Å². The molecular weight excluding hydrogens is 308 g/mol. The van der Waals surface area contributed by atoms with Crippen LogP contribution in [0.1, 0.15) is 25.7 Å². The van der Waals surface area contributed by atoms with Gasteiger partial charge in [-0.2, -0.15) is 0 Å². The third kappa shape index (κ3) is 3.41. The van der Waals surface area contributed by atoms with E-state index in [2.05, 4.69) is 4.72 Å². The first-order valence-corrected chi connectivity index (χ1v) is 8.25. The molecule has 0 aliphatic heterocycles. The van der Waals surface area contributed by atoms with Gasteiger partial charge in [0, 0.05) is 12.1 Å². The molecule has 2 rings (SSSR count). The van der Waals surface area contributed by atoms with Crippen molar-refractivity contribution >= 4 is 33.8 Å². The van der Waals surface area contributed by atoms with Gasteiger partial charge in [0.25, 0.3) is 10.0 Å². The molecule has 1 heterocycles. The van der Waals surface area contributed by atoms with E-state index in [1.165, 1.54) is 7.11 Å². The molecule has 1 aromatic heterocycles. The van der Waals surface area contributed by atoms with E-state index in [0.717, 1.165) is 37.0 Å². The molecular formula is C11H19ClN2O3S2. The standard InChI is InChI=1S/C11H18N2O3S2.ClH/c1-16-9-4-7-17-10(9)18(14,15)13-11(8-12)5-2-3-6-11;/h4,7,13H,2-3,5-6,8,12H2,1H3;1H. The van der Waals surface area contributed by atoms with Gasteiger partial charge in [0.15, 0.2) is 4.21 Å². The maximum absolute atomic E-state index is 12.4. The van der Waals surface area contributed by atoms with E-state index in [4.69, 9.17) is 10.5 Å². The molecule has 8 heteroatoms. The largest absolute Gasteiger partial charge is 0.494 e. The van der Waals surface area contributed by atoms with Gasteiger partial charge in [-0.15, -0.1) is 23.7 Å². The molecule has 0 unspecified atom stereocenters. The average molecular weight is 327 g/mol. The SMILES string of the molecule is COc1ccsc1S(=O)(=O)NC1(CN)CCCC1.Cl. The summed E-state index contributed by atoms with van der Waals surface area (Å²) in [5.74, 6) is 0.387. The van der Waals surface area contributed by atoms with Crippen molar-refractivity contribution in [2.45, 2.75) is 35.4 Å². The van der Waals surface area contributed by atoms with Crippen molar-refractivity contribution < 1.29 is 13.2 Å². The van der Waals surface area contributed by atoms with Crippen molar-refractivity contribution in [1.82, 2.24) is 4.72 Å². The topological polar surface area (TPSA) is 81.4 Å². The van der Waals surface area contributed by atoms with E-state index in [-0.39, 0.29) is 16.6 Å². The predicted molar refractivity (Wildman–Crippen MR) is 78.7 cm³/mol. The second-order valence-corrected chi connectivity index (χ2v) is 7.37. The lowest BCUT2D eigenvalue weighted by atomic mass is 10.0. The number of nitrogens with one attached hydrogen (secondary N) is 1. The Hall–Kier alpha value is -0.340. The molecule has 5 nitrogen and oxygen atoms in total. The zero-order valence-corrected chi connectivity index (χ0v) is 13.2. The fourth-order valence-electron chi connectivity index (χ4n) is 2.36. The Morgan fingerprint density at radius 3 is 2.63 bits per heavy atom. The molecule has 0 amide bonds. The minimum atomic E-state index is -3.55. The van der Waals surface area contributed by atoms with Crippen molar-refractivity contribution in [2.24, 2.45) is 5.73 Å². The highest BCUT2D eigenvalue weighted by molar-refractivity contribution is 7.91. The Bertz CT molecular complexity index is 510. The fraction of sp³-hybridized carbons (Fsp3) is 0.636. The van der Waals surface area contributed by atoms with Crippen molar-refractivity contribution in [3.63, 3.8) is 0 Å². The van der Waals surface area contributed by atoms with Gasteiger partial charge in [-0.05, 0) is 24.3 Å². The molecule has 0 atom stereocenters. The van der Waals surface area contributed by atoms with Gasteiger partial charge in [0.1, 0.15) is 5.75 Å². The summed E-state index contributed by atoms with van der Waals surface area (Å²) < 4.78 is 32.8. The second-order valence-electron chi connectivity index (χ2n) is 4.57. The van der Waals surface area contributed by atoms with Crippen LogP contribution >= 0.6 is 23.7 Å². The van der Waals surface area contributed by atoms with Crippen molar-refractivity contribution in [2.75, 3.05) is 13.7 Å². The Morgan fingerprint density at radius 2 is 2.11 bits per heavy atom. The molecule has 19 heavy (non-hydrogen) atoms. The van der Waals surface area contributed by atoms with Crippen molar-refractivity contribution in [3.05, 3.63) is 11.4 Å². The molecule has 0 radical (unpaired) electrons. The Morgan fingerprint density at radius 1 is 1.47 bits per heavy atom.